The van der Waals surface area contributed by atoms with Crippen LogP contribution in [0.5, 0.6) is 0 Å². The molecular formula is C33H46O4. The average molecular weight is 507 g/mol. The number of aliphatic hydroxyl groups is 3. The molecule has 4 rings (SSSR count). The van der Waals surface area contributed by atoms with Gasteiger partial charge in [-0.15, -0.1) is 0 Å². The SMILES string of the molecule is C=C1/C(=C\C=C2/CCC[C@]3(C)[C@@H]([C@H](C)/C=C/[C@@H](O)C4(C(=O)/C=C/C=C/C)CC4)CC[C@@H]23)C[C@@H](O)C[C@@H]1O. The minimum Gasteiger partial charge on any atom is -0.393 e. The first-order chi connectivity index (χ1) is 17.6. The maximum Gasteiger partial charge on any atom is 0.164 e. The van der Waals surface area contributed by atoms with E-state index in [-0.39, 0.29) is 11.2 Å². The van der Waals surface area contributed by atoms with E-state index < -0.39 is 23.7 Å². The van der Waals surface area contributed by atoms with Crippen LogP contribution in [0.1, 0.15) is 78.6 Å². The molecule has 4 nitrogen and oxygen atoms in total. The number of carbonyl (C=O) groups excluding carboxylic acids is 1. The maximum atomic E-state index is 12.7. The lowest BCUT2D eigenvalue weighted by Crippen LogP contribution is -2.35. The molecule has 3 N–H and O–H groups in total. The molecular weight excluding hydrogens is 460 g/mol. The molecule has 0 spiro atoms. The lowest BCUT2D eigenvalue weighted by Gasteiger charge is -2.44. The van der Waals surface area contributed by atoms with Gasteiger partial charge in [-0.05, 0) is 98.7 Å². The van der Waals surface area contributed by atoms with E-state index in [9.17, 15) is 20.1 Å². The van der Waals surface area contributed by atoms with Crippen molar-refractivity contribution in [3.63, 3.8) is 0 Å². The summed E-state index contributed by atoms with van der Waals surface area (Å²) in [6.45, 7) is 10.7. The van der Waals surface area contributed by atoms with E-state index in [0.717, 1.165) is 36.8 Å². The molecule has 0 aromatic carbocycles. The summed E-state index contributed by atoms with van der Waals surface area (Å²) < 4.78 is 0. The van der Waals surface area contributed by atoms with Gasteiger partial charge in [-0.1, -0.05) is 68.5 Å². The average Bonchev–Trinajstić information content (AvgIpc) is 3.60. The minimum absolute atomic E-state index is 0.0279. The first-order valence-corrected chi connectivity index (χ1v) is 14.3. The summed E-state index contributed by atoms with van der Waals surface area (Å²) in [5.41, 5.74) is 2.77. The molecule has 0 amide bonds. The molecule has 0 saturated heterocycles. The maximum absolute atomic E-state index is 12.7. The highest BCUT2D eigenvalue weighted by Gasteiger charge is 2.53. The Bertz CT molecular complexity index is 1020. The molecule has 4 saturated carbocycles. The highest BCUT2D eigenvalue weighted by molar-refractivity contribution is 5.97. The van der Waals surface area contributed by atoms with Crippen LogP contribution in [0.2, 0.25) is 0 Å². The summed E-state index contributed by atoms with van der Waals surface area (Å²) in [7, 11) is 0. The van der Waals surface area contributed by atoms with Gasteiger partial charge < -0.3 is 15.3 Å². The number of carbonyl (C=O) groups is 1. The highest BCUT2D eigenvalue weighted by atomic mass is 16.3. The van der Waals surface area contributed by atoms with Crippen LogP contribution in [0.15, 0.2) is 71.9 Å². The molecule has 0 radical (unpaired) electrons. The fraction of sp³-hybridized carbons (Fsp3) is 0.606. The fourth-order valence-corrected chi connectivity index (χ4v) is 7.45. The third kappa shape index (κ3) is 5.72. The van der Waals surface area contributed by atoms with Crippen molar-refractivity contribution in [1.82, 2.24) is 0 Å². The number of aliphatic hydroxyl groups excluding tert-OH is 3. The lowest BCUT2D eigenvalue weighted by molar-refractivity contribution is -0.122. The van der Waals surface area contributed by atoms with Crippen molar-refractivity contribution in [2.45, 2.75) is 96.9 Å². The van der Waals surface area contributed by atoms with E-state index in [1.165, 1.54) is 24.8 Å². The Hall–Kier alpha value is -2.01. The normalized spacial score (nSPS) is 37.6. The second kappa shape index (κ2) is 11.4. The van der Waals surface area contributed by atoms with Crippen LogP contribution >= 0.6 is 0 Å². The van der Waals surface area contributed by atoms with Crippen LogP contribution < -0.4 is 0 Å². The number of ketones is 1. The first-order valence-electron chi connectivity index (χ1n) is 14.3. The zero-order valence-corrected chi connectivity index (χ0v) is 22.9. The van der Waals surface area contributed by atoms with E-state index in [1.807, 2.05) is 25.2 Å². The molecule has 37 heavy (non-hydrogen) atoms. The Labute approximate surface area is 223 Å². The Morgan fingerprint density at radius 1 is 1.11 bits per heavy atom. The second-order valence-corrected chi connectivity index (χ2v) is 12.3. The third-order valence-corrected chi connectivity index (χ3v) is 9.93. The molecule has 0 aliphatic heterocycles. The van der Waals surface area contributed by atoms with Gasteiger partial charge in [0.05, 0.1) is 23.7 Å². The number of rotatable bonds is 8. The van der Waals surface area contributed by atoms with Gasteiger partial charge in [-0.2, -0.15) is 0 Å². The number of hydrogen-bond donors (Lipinski definition) is 3. The topological polar surface area (TPSA) is 77.8 Å². The van der Waals surface area contributed by atoms with Gasteiger partial charge in [-0.25, -0.2) is 0 Å². The van der Waals surface area contributed by atoms with Crippen molar-refractivity contribution < 1.29 is 20.1 Å². The summed E-state index contributed by atoms with van der Waals surface area (Å²) in [5, 5.41) is 31.2. The van der Waals surface area contributed by atoms with Crippen LogP contribution in [0.25, 0.3) is 0 Å². The molecule has 4 aliphatic carbocycles. The summed E-state index contributed by atoms with van der Waals surface area (Å²) in [6, 6.07) is 0. The van der Waals surface area contributed by atoms with Crippen LogP contribution in [0.4, 0.5) is 0 Å². The van der Waals surface area contributed by atoms with Gasteiger partial charge in [0.1, 0.15) is 0 Å². The van der Waals surface area contributed by atoms with Gasteiger partial charge in [-0.3, -0.25) is 4.79 Å². The molecule has 4 aliphatic rings. The Balaban J connectivity index is 1.44. The fourth-order valence-electron chi connectivity index (χ4n) is 7.45. The van der Waals surface area contributed by atoms with Crippen molar-refractivity contribution in [2.75, 3.05) is 0 Å². The first kappa shape index (κ1) is 28.0. The molecule has 0 heterocycles. The molecule has 0 unspecified atom stereocenters. The molecule has 202 valence electrons. The third-order valence-electron chi connectivity index (χ3n) is 9.93. The Morgan fingerprint density at radius 2 is 1.86 bits per heavy atom. The summed E-state index contributed by atoms with van der Waals surface area (Å²) in [4.78, 5) is 12.7. The van der Waals surface area contributed by atoms with E-state index in [0.29, 0.717) is 30.6 Å². The van der Waals surface area contributed by atoms with Crippen molar-refractivity contribution in [2.24, 2.45) is 28.6 Å². The summed E-state index contributed by atoms with van der Waals surface area (Å²) >= 11 is 0. The predicted molar refractivity (Wildman–Crippen MR) is 150 cm³/mol. The van der Waals surface area contributed by atoms with E-state index in [1.54, 1.807) is 12.2 Å². The molecule has 0 bridgehead atoms. The zero-order valence-electron chi connectivity index (χ0n) is 22.9. The number of hydrogen-bond acceptors (Lipinski definition) is 4. The quantitative estimate of drug-likeness (QED) is 0.209. The van der Waals surface area contributed by atoms with Crippen molar-refractivity contribution >= 4 is 5.78 Å². The highest BCUT2D eigenvalue weighted by Crippen LogP contribution is 2.59. The zero-order chi connectivity index (χ0) is 26.8. The summed E-state index contributed by atoms with van der Waals surface area (Å²) in [6.07, 6.45) is 21.9. The molecule has 0 aromatic heterocycles. The lowest BCUT2D eigenvalue weighted by atomic mass is 9.61. The van der Waals surface area contributed by atoms with E-state index >= 15 is 0 Å². The van der Waals surface area contributed by atoms with E-state index in [2.05, 4.69) is 38.7 Å². The van der Waals surface area contributed by atoms with Gasteiger partial charge in [0.25, 0.3) is 0 Å². The standard InChI is InChI=1S/C33H46O4/c1-5-6-7-10-30(36)33(18-19-33)31(37)16-11-22(2)27-14-15-28-24(9-8-17-32(27,28)4)12-13-25-20-26(34)21-29(35)23(25)3/h5-7,10-13,16,22,26-29,31,34-35,37H,3,8-9,14-15,17-21H2,1-2,4H3/b6-5+,10-7+,16-11+,24-12+,25-13-/t22-,26-,27-,28+,29+,31-,32-/m1/s1. The predicted octanol–water partition coefficient (Wildman–Crippen LogP) is 6.16. The molecule has 4 heteroatoms. The van der Waals surface area contributed by atoms with Crippen LogP contribution in [0.3, 0.4) is 0 Å². The van der Waals surface area contributed by atoms with Crippen LogP contribution in [0, 0.1) is 28.6 Å². The largest absolute Gasteiger partial charge is 0.393 e. The smallest absolute Gasteiger partial charge is 0.164 e. The Morgan fingerprint density at radius 3 is 2.57 bits per heavy atom. The molecule has 7 atom stereocenters. The van der Waals surface area contributed by atoms with Crippen LogP contribution in [-0.2, 0) is 4.79 Å². The van der Waals surface area contributed by atoms with Gasteiger partial charge in [0, 0.05) is 6.42 Å². The Kier molecular flexibility index (Phi) is 8.62. The van der Waals surface area contributed by atoms with E-state index in [4.69, 9.17) is 0 Å². The van der Waals surface area contributed by atoms with Crippen molar-refractivity contribution in [1.29, 1.82) is 0 Å². The summed E-state index contributed by atoms with van der Waals surface area (Å²) in [5.74, 6) is 1.42. The van der Waals surface area contributed by atoms with Crippen molar-refractivity contribution in [3.8, 4) is 0 Å². The minimum atomic E-state index is -0.731. The molecule has 0 aromatic rings. The second-order valence-electron chi connectivity index (χ2n) is 12.3. The van der Waals surface area contributed by atoms with Gasteiger partial charge in [0.15, 0.2) is 5.78 Å². The van der Waals surface area contributed by atoms with Crippen molar-refractivity contribution in [3.05, 3.63) is 71.9 Å². The number of fused-ring (bicyclic) bond motifs is 1. The van der Waals surface area contributed by atoms with Crippen LogP contribution in [-0.4, -0.2) is 39.4 Å². The van der Waals surface area contributed by atoms with Gasteiger partial charge >= 0.3 is 0 Å². The monoisotopic (exact) mass is 506 g/mol. The van der Waals surface area contributed by atoms with Gasteiger partial charge in [0.2, 0.25) is 0 Å². The number of allylic oxidation sites excluding steroid dienone is 8. The molecule has 4 fully saturated rings.